The van der Waals surface area contributed by atoms with Crippen LogP contribution in [0.4, 0.5) is 5.69 Å². The van der Waals surface area contributed by atoms with Gasteiger partial charge in [-0.2, -0.15) is 16.9 Å². The second-order valence-electron chi connectivity index (χ2n) is 7.83. The van der Waals surface area contributed by atoms with Gasteiger partial charge >= 0.3 is 0 Å². The van der Waals surface area contributed by atoms with Crippen molar-refractivity contribution in [3.05, 3.63) is 75.6 Å². The van der Waals surface area contributed by atoms with E-state index in [-0.39, 0.29) is 11.8 Å². The number of carbonyl (C=O) groups is 2. The van der Waals surface area contributed by atoms with Gasteiger partial charge in [0.05, 0.1) is 22.1 Å². The van der Waals surface area contributed by atoms with Crippen molar-refractivity contribution in [1.29, 1.82) is 0 Å². The van der Waals surface area contributed by atoms with Crippen LogP contribution in [-0.2, 0) is 0 Å². The number of nitrogens with zero attached hydrogens (tertiary/aromatic N) is 3. The Hall–Kier alpha value is -2.77. The molecule has 2 aromatic carbocycles. The normalized spacial score (nSPS) is 13.8. The molecule has 2 heterocycles. The SMILES string of the molecule is Cc1cc(C(=O)N2CCSCC2)ccc1NC(=O)c1ccc(-n2nc(C)c(Cl)c2C)cc1. The minimum Gasteiger partial charge on any atom is -0.337 e. The lowest BCUT2D eigenvalue weighted by Gasteiger charge is -2.26. The van der Waals surface area contributed by atoms with Gasteiger partial charge in [0.25, 0.3) is 11.8 Å². The van der Waals surface area contributed by atoms with Crippen LogP contribution in [0.15, 0.2) is 42.5 Å². The Kier molecular flexibility index (Phi) is 6.58. The summed E-state index contributed by atoms with van der Waals surface area (Å²) in [7, 11) is 0. The first-order valence-corrected chi connectivity index (χ1v) is 12.0. The van der Waals surface area contributed by atoms with Gasteiger partial charge in [0.15, 0.2) is 0 Å². The number of hydrogen-bond acceptors (Lipinski definition) is 4. The first kappa shape index (κ1) is 22.4. The molecule has 0 atom stereocenters. The maximum Gasteiger partial charge on any atom is 0.255 e. The van der Waals surface area contributed by atoms with Crippen LogP contribution in [0.2, 0.25) is 5.02 Å². The molecule has 0 radical (unpaired) electrons. The van der Waals surface area contributed by atoms with Crippen LogP contribution >= 0.6 is 23.4 Å². The van der Waals surface area contributed by atoms with Gasteiger partial charge in [0, 0.05) is 41.4 Å². The molecule has 4 rings (SSSR count). The van der Waals surface area contributed by atoms with E-state index in [4.69, 9.17) is 11.6 Å². The molecule has 2 amide bonds. The summed E-state index contributed by atoms with van der Waals surface area (Å²) in [5, 5.41) is 8.03. The topological polar surface area (TPSA) is 67.2 Å². The van der Waals surface area contributed by atoms with E-state index in [1.807, 2.05) is 55.6 Å². The van der Waals surface area contributed by atoms with Crippen molar-refractivity contribution in [2.24, 2.45) is 0 Å². The Morgan fingerprint density at radius 3 is 2.25 bits per heavy atom. The molecule has 1 saturated heterocycles. The zero-order valence-corrected chi connectivity index (χ0v) is 19.9. The molecule has 1 aromatic heterocycles. The van der Waals surface area contributed by atoms with E-state index >= 15 is 0 Å². The van der Waals surface area contributed by atoms with Crippen molar-refractivity contribution in [2.75, 3.05) is 29.9 Å². The molecule has 1 fully saturated rings. The standard InChI is InChI=1S/C24H25ClN4O2S/c1-15-14-19(24(31)28-10-12-32-13-11-28)6-9-21(15)26-23(30)18-4-7-20(8-5-18)29-17(3)22(25)16(2)27-29/h4-9,14H,10-13H2,1-3H3,(H,26,30). The number of anilines is 1. The van der Waals surface area contributed by atoms with Crippen LogP contribution in [-0.4, -0.2) is 51.1 Å². The Balaban J connectivity index is 1.46. The van der Waals surface area contributed by atoms with Gasteiger partial charge < -0.3 is 10.2 Å². The molecular formula is C24H25ClN4O2S. The van der Waals surface area contributed by atoms with Crippen molar-refractivity contribution < 1.29 is 9.59 Å². The molecule has 3 aromatic rings. The fourth-order valence-corrected chi connectivity index (χ4v) is 4.73. The summed E-state index contributed by atoms with van der Waals surface area (Å²) in [4.78, 5) is 27.4. The van der Waals surface area contributed by atoms with Crippen molar-refractivity contribution in [3.8, 4) is 5.69 Å². The van der Waals surface area contributed by atoms with Crippen LogP contribution in [0, 0.1) is 20.8 Å². The largest absolute Gasteiger partial charge is 0.337 e. The second-order valence-corrected chi connectivity index (χ2v) is 9.43. The minimum absolute atomic E-state index is 0.0473. The predicted octanol–water partition coefficient (Wildman–Crippen LogP) is 4.89. The maximum atomic E-state index is 12.8. The number of halogens is 1. The smallest absolute Gasteiger partial charge is 0.255 e. The predicted molar refractivity (Wildman–Crippen MR) is 130 cm³/mol. The summed E-state index contributed by atoms with van der Waals surface area (Å²) >= 11 is 8.11. The van der Waals surface area contributed by atoms with E-state index in [0.717, 1.165) is 47.2 Å². The van der Waals surface area contributed by atoms with Crippen molar-refractivity contribution in [1.82, 2.24) is 14.7 Å². The number of nitrogens with one attached hydrogen (secondary N) is 1. The maximum absolute atomic E-state index is 12.8. The quantitative estimate of drug-likeness (QED) is 0.591. The van der Waals surface area contributed by atoms with Gasteiger partial charge in [-0.15, -0.1) is 0 Å². The van der Waals surface area contributed by atoms with E-state index in [2.05, 4.69) is 10.4 Å². The molecule has 1 aliphatic rings. The highest BCUT2D eigenvalue weighted by Gasteiger charge is 2.19. The van der Waals surface area contributed by atoms with Gasteiger partial charge in [0.1, 0.15) is 0 Å². The molecule has 1 N–H and O–H groups in total. The fraction of sp³-hybridized carbons (Fsp3) is 0.292. The monoisotopic (exact) mass is 468 g/mol. The summed E-state index contributed by atoms with van der Waals surface area (Å²) in [6.45, 7) is 7.22. The van der Waals surface area contributed by atoms with Crippen LogP contribution in [0.3, 0.4) is 0 Å². The van der Waals surface area contributed by atoms with Gasteiger partial charge in [0.2, 0.25) is 0 Å². The lowest BCUT2D eigenvalue weighted by atomic mass is 10.1. The Bertz CT molecular complexity index is 1170. The first-order chi connectivity index (χ1) is 15.3. The summed E-state index contributed by atoms with van der Waals surface area (Å²) in [5.74, 6) is 1.79. The number of aryl methyl sites for hydroxylation is 2. The van der Waals surface area contributed by atoms with E-state index in [1.165, 1.54) is 0 Å². The van der Waals surface area contributed by atoms with Crippen LogP contribution in [0.1, 0.15) is 37.7 Å². The Morgan fingerprint density at radius 1 is 1.00 bits per heavy atom. The molecule has 0 spiro atoms. The summed E-state index contributed by atoms with van der Waals surface area (Å²) < 4.78 is 1.76. The minimum atomic E-state index is -0.210. The molecule has 1 aliphatic heterocycles. The number of aromatic nitrogens is 2. The third-order valence-electron chi connectivity index (χ3n) is 5.60. The molecule has 166 valence electrons. The number of thioether (sulfide) groups is 1. The van der Waals surface area contributed by atoms with Crippen LogP contribution in [0.5, 0.6) is 0 Å². The van der Waals surface area contributed by atoms with Gasteiger partial charge in [-0.3, -0.25) is 9.59 Å². The third-order valence-corrected chi connectivity index (χ3v) is 7.09. The van der Waals surface area contributed by atoms with Gasteiger partial charge in [-0.05, 0) is 68.8 Å². The molecule has 32 heavy (non-hydrogen) atoms. The number of carbonyl (C=O) groups excluding carboxylic acids is 2. The summed E-state index contributed by atoms with van der Waals surface area (Å²) in [6.07, 6.45) is 0. The highest BCUT2D eigenvalue weighted by atomic mass is 35.5. The van der Waals surface area contributed by atoms with Crippen LogP contribution in [0.25, 0.3) is 5.69 Å². The highest BCUT2D eigenvalue weighted by Crippen LogP contribution is 2.23. The number of hydrogen-bond donors (Lipinski definition) is 1. The van der Waals surface area contributed by atoms with Crippen molar-refractivity contribution in [3.63, 3.8) is 0 Å². The Morgan fingerprint density at radius 2 is 1.66 bits per heavy atom. The average Bonchev–Trinajstić information content (AvgIpc) is 3.07. The molecular weight excluding hydrogens is 444 g/mol. The first-order valence-electron chi connectivity index (χ1n) is 10.5. The number of rotatable bonds is 4. The van der Waals surface area contributed by atoms with E-state index in [9.17, 15) is 9.59 Å². The average molecular weight is 469 g/mol. The molecule has 0 unspecified atom stereocenters. The highest BCUT2D eigenvalue weighted by molar-refractivity contribution is 7.99. The summed E-state index contributed by atoms with van der Waals surface area (Å²) in [6, 6.07) is 12.6. The van der Waals surface area contributed by atoms with Crippen molar-refractivity contribution >= 4 is 40.9 Å². The fourth-order valence-electron chi connectivity index (χ4n) is 3.71. The second kappa shape index (κ2) is 9.38. The third kappa shape index (κ3) is 4.54. The molecule has 0 aliphatic carbocycles. The lowest BCUT2D eigenvalue weighted by Crippen LogP contribution is -2.37. The van der Waals surface area contributed by atoms with Gasteiger partial charge in [-0.1, -0.05) is 11.6 Å². The van der Waals surface area contributed by atoms with Crippen LogP contribution < -0.4 is 5.32 Å². The molecule has 6 nitrogen and oxygen atoms in total. The van der Waals surface area contributed by atoms with E-state index in [1.54, 1.807) is 28.9 Å². The Labute approximate surface area is 196 Å². The molecule has 0 saturated carbocycles. The van der Waals surface area contributed by atoms with E-state index in [0.29, 0.717) is 21.8 Å². The number of benzene rings is 2. The van der Waals surface area contributed by atoms with Gasteiger partial charge in [-0.25, -0.2) is 4.68 Å². The number of amides is 2. The zero-order valence-electron chi connectivity index (χ0n) is 18.3. The zero-order chi connectivity index (χ0) is 22.8. The molecule has 0 bridgehead atoms. The lowest BCUT2D eigenvalue weighted by molar-refractivity contribution is 0.0772. The summed E-state index contributed by atoms with van der Waals surface area (Å²) in [5.41, 5.74) is 5.19. The molecule has 8 heteroatoms. The van der Waals surface area contributed by atoms with E-state index < -0.39 is 0 Å². The van der Waals surface area contributed by atoms with Crippen molar-refractivity contribution in [2.45, 2.75) is 20.8 Å².